The van der Waals surface area contributed by atoms with Crippen molar-refractivity contribution in [1.29, 1.82) is 0 Å². The Hall–Kier alpha value is -7.30. The second kappa shape index (κ2) is 14.8. The van der Waals surface area contributed by atoms with Crippen molar-refractivity contribution in [1.82, 2.24) is 0 Å². The fourth-order valence-electron chi connectivity index (χ4n) is 9.14. The van der Waals surface area contributed by atoms with Gasteiger partial charge in [0, 0.05) is 47.0 Å². The summed E-state index contributed by atoms with van der Waals surface area (Å²) in [4.78, 5) is 2.44. The molecule has 61 heavy (non-hydrogen) atoms. The van der Waals surface area contributed by atoms with Crippen LogP contribution in [0, 0.1) is 0 Å². The summed E-state index contributed by atoms with van der Waals surface area (Å²) >= 11 is 3.77. The number of benzene rings is 10. The van der Waals surface area contributed by atoms with Gasteiger partial charge in [0.25, 0.3) is 0 Å². The van der Waals surface area contributed by atoms with Crippen molar-refractivity contribution in [2.24, 2.45) is 0 Å². The largest absolute Gasteiger partial charge is 0.309 e. The molecule has 1 nitrogen and oxygen atoms in total. The van der Waals surface area contributed by atoms with Crippen molar-refractivity contribution in [3.63, 3.8) is 0 Å². The molecule has 0 spiro atoms. The number of anilines is 3. The van der Waals surface area contributed by atoms with Crippen LogP contribution in [0.5, 0.6) is 0 Å². The minimum absolute atomic E-state index is 1.11. The van der Waals surface area contributed by atoms with Crippen LogP contribution in [-0.4, -0.2) is 0 Å². The zero-order valence-electron chi connectivity index (χ0n) is 33.1. The summed E-state index contributed by atoms with van der Waals surface area (Å²) in [5.74, 6) is 0. The molecule has 0 unspecified atom stereocenters. The maximum Gasteiger partial charge on any atom is 0.0640 e. The normalized spacial score (nSPS) is 11.6. The lowest BCUT2D eigenvalue weighted by atomic mass is 9.98. The maximum absolute atomic E-state index is 2.44. The fourth-order valence-corrected chi connectivity index (χ4v) is 11.7. The van der Waals surface area contributed by atoms with Gasteiger partial charge in [-0.15, -0.1) is 22.7 Å². The summed E-state index contributed by atoms with van der Waals surface area (Å²) in [5.41, 5.74) is 13.3. The quantitative estimate of drug-likeness (QED) is 0.155. The Morgan fingerprint density at radius 3 is 1.43 bits per heavy atom. The molecule has 286 valence electrons. The Balaban J connectivity index is 0.954. The molecule has 0 radical (unpaired) electrons. The molecule has 0 bridgehead atoms. The third-order valence-corrected chi connectivity index (χ3v) is 14.6. The van der Waals surface area contributed by atoms with Crippen LogP contribution in [0.25, 0.3) is 95.6 Å². The second-order valence-corrected chi connectivity index (χ2v) is 17.7. The minimum Gasteiger partial charge on any atom is -0.309 e. The van der Waals surface area contributed by atoms with Gasteiger partial charge in [0.2, 0.25) is 0 Å². The Morgan fingerprint density at radius 2 is 0.705 bits per heavy atom. The lowest BCUT2D eigenvalue weighted by Gasteiger charge is -2.26. The van der Waals surface area contributed by atoms with Gasteiger partial charge in [0.1, 0.15) is 0 Å². The number of hydrogen-bond acceptors (Lipinski definition) is 3. The van der Waals surface area contributed by atoms with Gasteiger partial charge in [0.05, 0.1) is 10.4 Å². The van der Waals surface area contributed by atoms with Crippen LogP contribution in [0.15, 0.2) is 224 Å². The Bertz CT molecular complexity index is 3560. The van der Waals surface area contributed by atoms with Crippen molar-refractivity contribution in [3.05, 3.63) is 224 Å². The molecule has 0 aliphatic rings. The highest BCUT2D eigenvalue weighted by Gasteiger charge is 2.20. The molecule has 12 rings (SSSR count). The highest BCUT2D eigenvalue weighted by molar-refractivity contribution is 7.27. The number of fused-ring (bicyclic) bond motifs is 7. The van der Waals surface area contributed by atoms with Gasteiger partial charge < -0.3 is 4.90 Å². The average molecular weight is 812 g/mol. The van der Waals surface area contributed by atoms with E-state index in [1.807, 2.05) is 22.7 Å². The van der Waals surface area contributed by atoms with Crippen LogP contribution in [-0.2, 0) is 0 Å². The smallest absolute Gasteiger partial charge is 0.0640 e. The van der Waals surface area contributed by atoms with Crippen molar-refractivity contribution in [2.45, 2.75) is 0 Å². The molecule has 10 aromatic carbocycles. The average Bonchev–Trinajstić information content (AvgIpc) is 3.92. The summed E-state index contributed by atoms with van der Waals surface area (Å²) in [6, 6.07) is 82.2. The second-order valence-electron chi connectivity index (χ2n) is 15.6. The standard InChI is InChI=1S/C58H37NS2/c1-2-12-41(13-3-1)48-19-10-22-52-53-23-11-24-54(58(53)61-57(48)52)59(45-36-32-42(33-37-45)47-18-8-15-40-14-4-5-16-46(40)47)44-34-30-39(31-35-44)38-26-28-43(29-27-38)49-20-9-21-51-50-17-6-7-25-55(50)60-56(49)51/h1-37H. The van der Waals surface area contributed by atoms with E-state index in [9.17, 15) is 0 Å². The molecular formula is C58H37NS2. The third-order valence-electron chi connectivity index (χ3n) is 12.1. The first-order valence-electron chi connectivity index (χ1n) is 20.7. The number of nitrogens with zero attached hydrogens (tertiary/aromatic N) is 1. The first-order chi connectivity index (χ1) is 30.2. The van der Waals surface area contributed by atoms with Gasteiger partial charge in [-0.1, -0.05) is 188 Å². The zero-order valence-corrected chi connectivity index (χ0v) is 34.8. The highest BCUT2D eigenvalue weighted by Crippen LogP contribution is 2.48. The van der Waals surface area contributed by atoms with Gasteiger partial charge >= 0.3 is 0 Å². The topological polar surface area (TPSA) is 3.24 Å². The van der Waals surface area contributed by atoms with E-state index in [0.29, 0.717) is 0 Å². The fraction of sp³-hybridized carbons (Fsp3) is 0. The molecule has 0 saturated carbocycles. The van der Waals surface area contributed by atoms with E-state index in [-0.39, 0.29) is 0 Å². The monoisotopic (exact) mass is 811 g/mol. The molecule has 0 atom stereocenters. The molecule has 0 aliphatic heterocycles. The maximum atomic E-state index is 2.44. The van der Waals surface area contributed by atoms with Crippen LogP contribution in [0.4, 0.5) is 17.1 Å². The van der Waals surface area contributed by atoms with E-state index in [2.05, 4.69) is 229 Å². The van der Waals surface area contributed by atoms with Crippen LogP contribution >= 0.6 is 22.7 Å². The molecule has 12 aromatic rings. The first-order valence-corrected chi connectivity index (χ1v) is 22.4. The van der Waals surface area contributed by atoms with Crippen molar-refractivity contribution in [2.75, 3.05) is 4.90 Å². The summed E-state index contributed by atoms with van der Waals surface area (Å²) in [7, 11) is 0. The van der Waals surface area contributed by atoms with E-state index in [1.165, 1.54) is 101 Å². The van der Waals surface area contributed by atoms with E-state index in [1.54, 1.807) is 0 Å². The number of hydrogen-bond donors (Lipinski definition) is 0. The van der Waals surface area contributed by atoms with Gasteiger partial charge in [-0.3, -0.25) is 0 Å². The Labute approximate surface area is 362 Å². The lowest BCUT2D eigenvalue weighted by molar-refractivity contribution is 1.30. The van der Waals surface area contributed by atoms with E-state index in [4.69, 9.17) is 0 Å². The molecule has 0 aliphatic carbocycles. The molecule has 2 aromatic heterocycles. The van der Waals surface area contributed by atoms with E-state index >= 15 is 0 Å². The minimum atomic E-state index is 1.11. The Morgan fingerprint density at radius 1 is 0.262 bits per heavy atom. The predicted molar refractivity (Wildman–Crippen MR) is 266 cm³/mol. The lowest BCUT2D eigenvalue weighted by Crippen LogP contribution is -2.10. The van der Waals surface area contributed by atoms with Gasteiger partial charge in [-0.25, -0.2) is 0 Å². The number of rotatable bonds is 7. The molecule has 3 heteroatoms. The predicted octanol–water partition coefficient (Wildman–Crippen LogP) is 17.7. The van der Waals surface area contributed by atoms with Crippen LogP contribution < -0.4 is 4.90 Å². The summed E-state index contributed by atoms with van der Waals surface area (Å²) in [6.07, 6.45) is 0. The van der Waals surface area contributed by atoms with Crippen molar-refractivity contribution >= 4 is 90.9 Å². The van der Waals surface area contributed by atoms with Crippen LogP contribution in [0.1, 0.15) is 0 Å². The van der Waals surface area contributed by atoms with E-state index < -0.39 is 0 Å². The number of thiophene rings is 2. The molecule has 0 N–H and O–H groups in total. The van der Waals surface area contributed by atoms with Gasteiger partial charge in [0.15, 0.2) is 0 Å². The SMILES string of the molecule is c1ccc(-c2cccc3c2sc2c(N(c4ccc(-c5ccc(-c6cccc7c6sc6ccccc67)cc5)cc4)c4ccc(-c5cccc6ccccc56)cc4)cccc23)cc1. The summed E-state index contributed by atoms with van der Waals surface area (Å²) < 4.78 is 5.25. The Kier molecular flexibility index (Phi) is 8.62. The molecule has 0 saturated heterocycles. The van der Waals surface area contributed by atoms with Crippen molar-refractivity contribution in [3.8, 4) is 44.5 Å². The third kappa shape index (κ3) is 6.13. The molecular weight excluding hydrogens is 775 g/mol. The van der Waals surface area contributed by atoms with Crippen molar-refractivity contribution < 1.29 is 0 Å². The molecule has 2 heterocycles. The van der Waals surface area contributed by atoms with Crippen LogP contribution in [0.3, 0.4) is 0 Å². The van der Waals surface area contributed by atoms with Gasteiger partial charge in [-0.2, -0.15) is 0 Å². The van der Waals surface area contributed by atoms with E-state index in [0.717, 1.165) is 11.4 Å². The molecule has 0 amide bonds. The summed E-state index contributed by atoms with van der Waals surface area (Å²) in [6.45, 7) is 0. The zero-order chi connectivity index (χ0) is 40.3. The summed E-state index contributed by atoms with van der Waals surface area (Å²) in [5, 5.41) is 7.73. The molecule has 0 fully saturated rings. The van der Waals surface area contributed by atoms with Gasteiger partial charge in [-0.05, 0) is 91.7 Å². The first kappa shape index (κ1) is 35.6. The highest BCUT2D eigenvalue weighted by atomic mass is 32.1. The van der Waals surface area contributed by atoms with Crippen LogP contribution in [0.2, 0.25) is 0 Å².